The molecular formula is C14H13BrClN5O. The number of aryl methyl sites for hydroxylation is 1. The summed E-state index contributed by atoms with van der Waals surface area (Å²) in [5, 5.41) is 9.07. The largest absolute Gasteiger partial charge is 0.492 e. The summed E-state index contributed by atoms with van der Waals surface area (Å²) in [7, 11) is 1.84. The summed E-state index contributed by atoms with van der Waals surface area (Å²) in [6, 6.07) is 7.27. The van der Waals surface area contributed by atoms with Crippen LogP contribution in [0.1, 0.15) is 0 Å². The minimum Gasteiger partial charge on any atom is -0.492 e. The van der Waals surface area contributed by atoms with Gasteiger partial charge in [0.25, 0.3) is 0 Å². The molecule has 6 nitrogen and oxygen atoms in total. The first-order valence-electron chi connectivity index (χ1n) is 6.60. The zero-order chi connectivity index (χ0) is 15.5. The number of fused-ring (bicyclic) bond motifs is 1. The fourth-order valence-corrected chi connectivity index (χ4v) is 2.77. The highest BCUT2D eigenvalue weighted by atomic mass is 79.9. The minimum absolute atomic E-state index is 0.505. The molecule has 0 bridgehead atoms. The summed E-state index contributed by atoms with van der Waals surface area (Å²) in [6.45, 7) is 1.11. The SMILES string of the molecule is Cn1nc(Br)c2c(NCCOc3ccc(Cl)cc3)ncnc21. The highest BCUT2D eigenvalue weighted by Crippen LogP contribution is 2.26. The fourth-order valence-electron chi connectivity index (χ4n) is 2.04. The van der Waals surface area contributed by atoms with Gasteiger partial charge in [0, 0.05) is 12.1 Å². The van der Waals surface area contributed by atoms with Gasteiger partial charge in [-0.15, -0.1) is 0 Å². The van der Waals surface area contributed by atoms with Crippen molar-refractivity contribution in [1.82, 2.24) is 19.7 Å². The van der Waals surface area contributed by atoms with Crippen molar-refractivity contribution >= 4 is 44.4 Å². The maximum Gasteiger partial charge on any atom is 0.164 e. The highest BCUT2D eigenvalue weighted by Gasteiger charge is 2.12. The zero-order valence-electron chi connectivity index (χ0n) is 11.8. The van der Waals surface area contributed by atoms with E-state index < -0.39 is 0 Å². The second-order valence-corrected chi connectivity index (χ2v) is 5.75. The van der Waals surface area contributed by atoms with Gasteiger partial charge in [0.05, 0.1) is 11.9 Å². The quantitative estimate of drug-likeness (QED) is 0.686. The molecule has 0 fully saturated rings. The Morgan fingerprint density at radius 1 is 1.27 bits per heavy atom. The minimum atomic E-state index is 0.505. The summed E-state index contributed by atoms with van der Waals surface area (Å²) in [4.78, 5) is 8.48. The normalized spacial score (nSPS) is 10.9. The molecule has 0 unspecified atom stereocenters. The van der Waals surface area contributed by atoms with Crippen molar-refractivity contribution < 1.29 is 4.74 Å². The van der Waals surface area contributed by atoms with Crippen LogP contribution in [-0.2, 0) is 7.05 Å². The molecule has 2 heterocycles. The number of hydrogen-bond acceptors (Lipinski definition) is 5. The first-order chi connectivity index (χ1) is 10.6. The number of hydrogen-bond donors (Lipinski definition) is 1. The summed E-state index contributed by atoms with van der Waals surface area (Å²) in [5.74, 6) is 1.51. The van der Waals surface area contributed by atoms with Gasteiger partial charge in [-0.2, -0.15) is 5.10 Å². The van der Waals surface area contributed by atoms with E-state index in [0.29, 0.717) is 22.8 Å². The van der Waals surface area contributed by atoms with Gasteiger partial charge < -0.3 is 10.1 Å². The predicted molar refractivity (Wildman–Crippen MR) is 89.4 cm³/mol. The van der Waals surface area contributed by atoms with Crippen molar-refractivity contribution in [2.45, 2.75) is 0 Å². The molecule has 0 saturated heterocycles. The standard InChI is InChI=1S/C14H13BrClN5O/c1-21-14-11(12(15)20-21)13(18-8-19-14)17-6-7-22-10-4-2-9(16)3-5-10/h2-5,8H,6-7H2,1H3,(H,17,18,19). The van der Waals surface area contributed by atoms with E-state index in [9.17, 15) is 0 Å². The van der Waals surface area contributed by atoms with E-state index in [2.05, 4.69) is 36.3 Å². The molecule has 1 N–H and O–H groups in total. The third-order valence-corrected chi connectivity index (χ3v) is 3.86. The fraction of sp³-hybridized carbons (Fsp3) is 0.214. The molecular weight excluding hydrogens is 370 g/mol. The van der Waals surface area contributed by atoms with Crippen LogP contribution >= 0.6 is 27.5 Å². The lowest BCUT2D eigenvalue weighted by Gasteiger charge is -2.08. The molecule has 1 aromatic carbocycles. The van der Waals surface area contributed by atoms with E-state index in [1.807, 2.05) is 19.2 Å². The van der Waals surface area contributed by atoms with Gasteiger partial charge in [0.1, 0.15) is 29.1 Å². The average Bonchev–Trinajstić information content (AvgIpc) is 2.81. The molecule has 3 aromatic rings. The van der Waals surface area contributed by atoms with Crippen molar-refractivity contribution in [2.75, 3.05) is 18.5 Å². The molecule has 0 aliphatic rings. The van der Waals surface area contributed by atoms with Gasteiger partial charge in [-0.05, 0) is 40.2 Å². The van der Waals surface area contributed by atoms with E-state index in [1.165, 1.54) is 6.33 Å². The van der Waals surface area contributed by atoms with E-state index >= 15 is 0 Å². The van der Waals surface area contributed by atoms with Crippen molar-refractivity contribution in [3.05, 3.63) is 40.2 Å². The van der Waals surface area contributed by atoms with Gasteiger partial charge in [-0.1, -0.05) is 11.6 Å². The van der Waals surface area contributed by atoms with E-state index in [1.54, 1.807) is 16.8 Å². The highest BCUT2D eigenvalue weighted by molar-refractivity contribution is 9.10. The number of halogens is 2. The van der Waals surface area contributed by atoms with Crippen LogP contribution in [0, 0.1) is 0 Å². The molecule has 114 valence electrons. The average molecular weight is 383 g/mol. The Hall–Kier alpha value is -1.86. The third kappa shape index (κ3) is 3.15. The summed E-state index contributed by atoms with van der Waals surface area (Å²) in [6.07, 6.45) is 1.51. The number of rotatable bonds is 5. The predicted octanol–water partition coefficient (Wildman–Crippen LogP) is 3.27. The molecule has 0 atom stereocenters. The molecule has 0 aliphatic carbocycles. The molecule has 0 saturated carbocycles. The van der Waals surface area contributed by atoms with Crippen LogP contribution < -0.4 is 10.1 Å². The lowest BCUT2D eigenvalue weighted by atomic mass is 10.3. The Morgan fingerprint density at radius 3 is 2.82 bits per heavy atom. The van der Waals surface area contributed by atoms with Gasteiger partial charge in [-0.3, -0.25) is 0 Å². The molecule has 8 heteroatoms. The summed E-state index contributed by atoms with van der Waals surface area (Å²) >= 11 is 9.26. The van der Waals surface area contributed by atoms with Crippen molar-refractivity contribution in [1.29, 1.82) is 0 Å². The van der Waals surface area contributed by atoms with Crippen LogP contribution in [0.15, 0.2) is 35.2 Å². The maximum atomic E-state index is 5.83. The van der Waals surface area contributed by atoms with Gasteiger partial charge >= 0.3 is 0 Å². The van der Waals surface area contributed by atoms with Crippen LogP contribution in [0.5, 0.6) is 5.75 Å². The van der Waals surface area contributed by atoms with Crippen LogP contribution in [-0.4, -0.2) is 32.9 Å². The van der Waals surface area contributed by atoms with Gasteiger partial charge in [0.2, 0.25) is 0 Å². The Labute approximate surface area is 140 Å². The monoisotopic (exact) mass is 381 g/mol. The summed E-state index contributed by atoms with van der Waals surface area (Å²) < 4.78 is 8.05. The third-order valence-electron chi connectivity index (χ3n) is 3.05. The van der Waals surface area contributed by atoms with Crippen LogP contribution in [0.25, 0.3) is 11.0 Å². The second kappa shape index (κ2) is 6.50. The Balaban J connectivity index is 1.63. The smallest absolute Gasteiger partial charge is 0.164 e. The molecule has 0 aliphatic heterocycles. The van der Waals surface area contributed by atoms with Crippen molar-refractivity contribution in [3.63, 3.8) is 0 Å². The van der Waals surface area contributed by atoms with E-state index in [4.69, 9.17) is 16.3 Å². The number of anilines is 1. The molecule has 0 radical (unpaired) electrons. The molecule has 0 spiro atoms. The Morgan fingerprint density at radius 2 is 2.05 bits per heavy atom. The zero-order valence-corrected chi connectivity index (χ0v) is 14.1. The number of benzene rings is 1. The Bertz CT molecular complexity index is 790. The van der Waals surface area contributed by atoms with E-state index in [0.717, 1.165) is 22.6 Å². The van der Waals surface area contributed by atoms with Crippen molar-refractivity contribution in [3.8, 4) is 5.75 Å². The molecule has 22 heavy (non-hydrogen) atoms. The number of nitrogens with one attached hydrogen (secondary N) is 1. The maximum absolute atomic E-state index is 5.83. The lowest BCUT2D eigenvalue weighted by Crippen LogP contribution is -2.12. The molecule has 0 amide bonds. The Kier molecular flexibility index (Phi) is 4.44. The first-order valence-corrected chi connectivity index (χ1v) is 7.77. The van der Waals surface area contributed by atoms with Gasteiger partial charge in [-0.25, -0.2) is 14.6 Å². The van der Waals surface area contributed by atoms with Crippen LogP contribution in [0.4, 0.5) is 5.82 Å². The number of aromatic nitrogens is 4. The number of nitrogens with zero attached hydrogens (tertiary/aromatic N) is 4. The first kappa shape index (κ1) is 15.1. The topological polar surface area (TPSA) is 64.9 Å². The molecule has 3 rings (SSSR count). The molecule has 2 aromatic heterocycles. The van der Waals surface area contributed by atoms with Crippen molar-refractivity contribution in [2.24, 2.45) is 7.05 Å². The second-order valence-electron chi connectivity index (χ2n) is 4.56. The van der Waals surface area contributed by atoms with Crippen LogP contribution in [0.3, 0.4) is 0 Å². The van der Waals surface area contributed by atoms with E-state index in [-0.39, 0.29) is 0 Å². The lowest BCUT2D eigenvalue weighted by molar-refractivity contribution is 0.333. The summed E-state index contributed by atoms with van der Waals surface area (Å²) in [5.41, 5.74) is 0.767. The number of ether oxygens (including phenoxy) is 1. The van der Waals surface area contributed by atoms with Crippen LogP contribution in [0.2, 0.25) is 5.02 Å². The van der Waals surface area contributed by atoms with Gasteiger partial charge in [0.15, 0.2) is 5.65 Å².